The number of rotatable bonds is 10. The molecule has 16 heavy (non-hydrogen) atoms. The molecule has 0 aliphatic rings. The normalized spacial score (nSPS) is 15.4. The highest BCUT2D eigenvalue weighted by Gasteiger charge is 2.13. The second-order valence-corrected chi connectivity index (χ2v) is 5.57. The van der Waals surface area contributed by atoms with E-state index in [1.54, 1.807) is 11.8 Å². The van der Waals surface area contributed by atoms with Crippen LogP contribution in [0.25, 0.3) is 0 Å². The van der Waals surface area contributed by atoms with Crippen LogP contribution in [0, 0.1) is 5.92 Å². The fraction of sp³-hybridized carbons (Fsp3) is 1.00. The van der Waals surface area contributed by atoms with Crippen LogP contribution in [0.3, 0.4) is 0 Å². The molecule has 0 spiro atoms. The highest BCUT2D eigenvalue weighted by Crippen LogP contribution is 2.09. The molecule has 0 aromatic heterocycles. The van der Waals surface area contributed by atoms with Crippen LogP contribution < -0.4 is 5.32 Å². The monoisotopic (exact) mass is 249 g/mol. The van der Waals surface area contributed by atoms with Gasteiger partial charge in [-0.15, -0.1) is 0 Å². The second kappa shape index (κ2) is 10.4. The summed E-state index contributed by atoms with van der Waals surface area (Å²) < 4.78 is 5.51. The van der Waals surface area contributed by atoms with Gasteiger partial charge < -0.3 is 15.2 Å². The average molecular weight is 249 g/mol. The van der Waals surface area contributed by atoms with Crippen LogP contribution in [-0.4, -0.2) is 49.0 Å². The molecule has 0 aromatic carbocycles. The van der Waals surface area contributed by atoms with Crippen molar-refractivity contribution >= 4 is 11.8 Å². The first-order valence-corrected chi connectivity index (χ1v) is 7.35. The smallest absolute Gasteiger partial charge is 0.0591 e. The second-order valence-electron chi connectivity index (χ2n) is 4.49. The molecule has 0 aliphatic carbocycles. The van der Waals surface area contributed by atoms with Gasteiger partial charge >= 0.3 is 0 Å². The zero-order valence-electron chi connectivity index (χ0n) is 11.0. The van der Waals surface area contributed by atoms with Crippen molar-refractivity contribution in [2.45, 2.75) is 38.5 Å². The number of hydrogen-bond donors (Lipinski definition) is 2. The molecule has 0 rings (SSSR count). The minimum Gasteiger partial charge on any atom is -0.395 e. The largest absolute Gasteiger partial charge is 0.395 e. The molecule has 0 saturated carbocycles. The van der Waals surface area contributed by atoms with Crippen molar-refractivity contribution in [2.75, 3.05) is 32.6 Å². The van der Waals surface area contributed by atoms with Crippen molar-refractivity contribution in [1.82, 2.24) is 5.32 Å². The van der Waals surface area contributed by atoms with E-state index >= 15 is 0 Å². The van der Waals surface area contributed by atoms with E-state index in [1.165, 1.54) is 0 Å². The highest BCUT2D eigenvalue weighted by atomic mass is 32.2. The van der Waals surface area contributed by atoms with Crippen molar-refractivity contribution in [1.29, 1.82) is 0 Å². The van der Waals surface area contributed by atoms with Gasteiger partial charge in [0, 0.05) is 24.4 Å². The van der Waals surface area contributed by atoms with E-state index < -0.39 is 0 Å². The fourth-order valence-corrected chi connectivity index (χ4v) is 2.00. The van der Waals surface area contributed by atoms with Crippen LogP contribution in [0.1, 0.15) is 27.2 Å². The summed E-state index contributed by atoms with van der Waals surface area (Å²) in [4.78, 5) is 0. The Hall–Kier alpha value is 0.230. The lowest BCUT2D eigenvalue weighted by Crippen LogP contribution is -2.39. The molecule has 3 nitrogen and oxygen atoms in total. The van der Waals surface area contributed by atoms with Gasteiger partial charge in [-0.25, -0.2) is 0 Å². The lowest BCUT2D eigenvalue weighted by Gasteiger charge is -2.21. The maximum absolute atomic E-state index is 9.11. The summed E-state index contributed by atoms with van der Waals surface area (Å²) in [5.41, 5.74) is 0. The van der Waals surface area contributed by atoms with Crippen LogP contribution in [0.4, 0.5) is 0 Å². The van der Waals surface area contributed by atoms with E-state index in [-0.39, 0.29) is 11.9 Å². The average Bonchev–Trinajstić information content (AvgIpc) is 2.24. The molecule has 2 unspecified atom stereocenters. The first-order chi connectivity index (χ1) is 7.61. The van der Waals surface area contributed by atoms with Gasteiger partial charge in [-0.1, -0.05) is 13.8 Å². The summed E-state index contributed by atoms with van der Waals surface area (Å²) in [6.45, 7) is 9.19. The van der Waals surface area contributed by atoms with Gasteiger partial charge in [-0.3, -0.25) is 0 Å². The van der Waals surface area contributed by atoms with Gasteiger partial charge in [0.05, 0.1) is 13.2 Å². The van der Waals surface area contributed by atoms with Crippen molar-refractivity contribution in [3.63, 3.8) is 0 Å². The van der Waals surface area contributed by atoms with Gasteiger partial charge in [0.2, 0.25) is 0 Å². The first kappa shape index (κ1) is 16.2. The number of aliphatic hydroxyl groups excluding tert-OH is 1. The maximum Gasteiger partial charge on any atom is 0.0591 e. The zero-order valence-corrected chi connectivity index (χ0v) is 11.8. The third-order valence-electron chi connectivity index (χ3n) is 2.59. The minimum absolute atomic E-state index is 0.226. The van der Waals surface area contributed by atoms with Gasteiger partial charge in [0.1, 0.15) is 0 Å². The Morgan fingerprint density at radius 1 is 1.25 bits per heavy atom. The quantitative estimate of drug-likeness (QED) is 0.579. The summed E-state index contributed by atoms with van der Waals surface area (Å²) in [7, 11) is 0. The lowest BCUT2D eigenvalue weighted by atomic mass is 10.1. The van der Waals surface area contributed by atoms with Gasteiger partial charge in [0.25, 0.3) is 0 Å². The van der Waals surface area contributed by atoms with Gasteiger partial charge in [-0.05, 0) is 25.5 Å². The number of aliphatic hydroxyl groups is 1. The van der Waals surface area contributed by atoms with Crippen molar-refractivity contribution in [3.8, 4) is 0 Å². The molecular formula is C12H27NO2S. The zero-order chi connectivity index (χ0) is 12.4. The lowest BCUT2D eigenvalue weighted by molar-refractivity contribution is 0.123. The van der Waals surface area contributed by atoms with E-state index in [9.17, 15) is 0 Å². The van der Waals surface area contributed by atoms with Crippen LogP contribution in [-0.2, 0) is 4.74 Å². The highest BCUT2D eigenvalue weighted by molar-refractivity contribution is 7.99. The van der Waals surface area contributed by atoms with Crippen molar-refractivity contribution < 1.29 is 9.84 Å². The third-order valence-corrected chi connectivity index (χ3v) is 3.76. The van der Waals surface area contributed by atoms with E-state index in [4.69, 9.17) is 9.84 Å². The van der Waals surface area contributed by atoms with Gasteiger partial charge in [0.15, 0.2) is 0 Å². The van der Waals surface area contributed by atoms with E-state index in [0.717, 1.165) is 26.2 Å². The Morgan fingerprint density at radius 3 is 2.44 bits per heavy atom. The first-order valence-electron chi connectivity index (χ1n) is 6.06. The Bertz CT molecular complexity index is 152. The molecule has 0 aromatic rings. The summed E-state index contributed by atoms with van der Waals surface area (Å²) in [5, 5.41) is 12.7. The summed E-state index contributed by atoms with van der Waals surface area (Å²) >= 11 is 1.70. The van der Waals surface area contributed by atoms with Crippen LogP contribution in [0.2, 0.25) is 0 Å². The van der Waals surface area contributed by atoms with Crippen LogP contribution >= 0.6 is 11.8 Å². The number of ether oxygens (including phenoxy) is 1. The number of nitrogens with one attached hydrogen (secondary N) is 1. The molecule has 0 heterocycles. The molecule has 0 saturated heterocycles. The predicted molar refractivity (Wildman–Crippen MR) is 72.1 cm³/mol. The molecule has 0 amide bonds. The van der Waals surface area contributed by atoms with Crippen LogP contribution in [0.5, 0.6) is 0 Å². The molecular weight excluding hydrogens is 222 g/mol. The van der Waals surface area contributed by atoms with Crippen molar-refractivity contribution in [2.24, 2.45) is 5.92 Å². The van der Waals surface area contributed by atoms with E-state index in [0.29, 0.717) is 12.0 Å². The van der Waals surface area contributed by atoms with Crippen molar-refractivity contribution in [3.05, 3.63) is 0 Å². The third kappa shape index (κ3) is 8.39. The Kier molecular flexibility index (Phi) is 10.5. The Morgan fingerprint density at radius 2 is 1.94 bits per heavy atom. The molecule has 4 heteroatoms. The fourth-order valence-electron chi connectivity index (χ4n) is 1.35. The predicted octanol–water partition coefficient (Wildman–Crippen LogP) is 1.75. The number of hydrogen-bond acceptors (Lipinski definition) is 4. The maximum atomic E-state index is 9.11. The molecule has 2 atom stereocenters. The SMILES string of the molecule is CSC(CO)C(C)NCCOCCC(C)C. The molecule has 2 N–H and O–H groups in total. The number of thioether (sulfide) groups is 1. The Labute approximate surface area is 104 Å². The standard InChI is InChI=1S/C12H27NO2S/c1-10(2)5-7-15-8-6-13-11(3)12(9-14)16-4/h10-14H,5-9H2,1-4H3. The molecule has 0 bridgehead atoms. The summed E-state index contributed by atoms with van der Waals surface area (Å²) in [6.07, 6.45) is 3.15. The minimum atomic E-state index is 0.226. The molecule has 0 aliphatic heterocycles. The molecule has 0 fully saturated rings. The van der Waals surface area contributed by atoms with E-state index in [1.807, 2.05) is 6.26 Å². The Balaban J connectivity index is 3.36. The topological polar surface area (TPSA) is 41.5 Å². The molecule has 0 radical (unpaired) electrons. The molecule has 98 valence electrons. The van der Waals surface area contributed by atoms with E-state index in [2.05, 4.69) is 26.1 Å². The van der Waals surface area contributed by atoms with Gasteiger partial charge in [-0.2, -0.15) is 11.8 Å². The summed E-state index contributed by atoms with van der Waals surface area (Å²) in [6, 6.07) is 0.327. The summed E-state index contributed by atoms with van der Waals surface area (Å²) in [5.74, 6) is 0.710. The van der Waals surface area contributed by atoms with Crippen LogP contribution in [0.15, 0.2) is 0 Å².